The molecule has 1 heterocycles. The second kappa shape index (κ2) is 6.19. The molecule has 2 rings (SSSR count). The second-order valence-corrected chi connectivity index (χ2v) is 5.17. The van der Waals surface area contributed by atoms with Crippen LogP contribution in [0.4, 0.5) is 0 Å². The first-order valence-electron chi connectivity index (χ1n) is 6.23. The number of ether oxygens (including phenoxy) is 1. The molecule has 1 aromatic heterocycles. The highest BCUT2D eigenvalue weighted by atomic mass is 79.9. The summed E-state index contributed by atoms with van der Waals surface area (Å²) in [5.41, 5.74) is 0.358. The minimum atomic E-state index is -0.392. The molecule has 2 aromatic rings. The first-order valence-corrected chi connectivity index (χ1v) is 7.03. The molecule has 2 N–H and O–H groups in total. The van der Waals surface area contributed by atoms with E-state index in [9.17, 15) is 9.90 Å². The lowest BCUT2D eigenvalue weighted by Crippen LogP contribution is -2.16. The fourth-order valence-corrected chi connectivity index (χ4v) is 2.30. The lowest BCUT2D eigenvalue weighted by molar-refractivity contribution is 0.0694. The van der Waals surface area contributed by atoms with Crippen LogP contribution in [0.25, 0.3) is 11.1 Å². The van der Waals surface area contributed by atoms with E-state index in [4.69, 9.17) is 4.74 Å². The molecule has 0 aliphatic heterocycles. The van der Waals surface area contributed by atoms with Gasteiger partial charge in [-0.15, -0.1) is 0 Å². The zero-order valence-corrected chi connectivity index (χ0v) is 12.8. The predicted octanol–water partition coefficient (Wildman–Crippen LogP) is 3.00. The molecular weight excluding hydrogens is 324 g/mol. The van der Waals surface area contributed by atoms with Crippen molar-refractivity contribution >= 4 is 15.9 Å². The van der Waals surface area contributed by atoms with Crippen LogP contribution in [0.3, 0.4) is 0 Å². The van der Waals surface area contributed by atoms with Crippen molar-refractivity contribution in [2.75, 3.05) is 6.61 Å². The highest BCUT2D eigenvalue weighted by Crippen LogP contribution is 2.26. The molecule has 1 unspecified atom stereocenters. The summed E-state index contributed by atoms with van der Waals surface area (Å²) in [6.07, 6.45) is -0.379. The van der Waals surface area contributed by atoms with Gasteiger partial charge in [0.25, 0.3) is 5.56 Å². The number of hydrogen-bond donors (Lipinski definition) is 2. The van der Waals surface area contributed by atoms with E-state index in [2.05, 4.69) is 25.9 Å². The molecule has 0 saturated carbocycles. The third-order valence-corrected chi connectivity index (χ3v) is 3.33. The average Bonchev–Trinajstić information content (AvgIpc) is 2.38. The quantitative estimate of drug-likeness (QED) is 0.898. The molecule has 0 spiro atoms. The number of rotatable bonds is 4. The van der Waals surface area contributed by atoms with Crippen LogP contribution in [0.15, 0.2) is 33.5 Å². The lowest BCUT2D eigenvalue weighted by Gasteiger charge is -2.12. The molecule has 0 aliphatic rings. The van der Waals surface area contributed by atoms with Crippen molar-refractivity contribution in [2.45, 2.75) is 20.0 Å². The Balaban J connectivity index is 2.49. The normalized spacial score (nSPS) is 12.3. The summed E-state index contributed by atoms with van der Waals surface area (Å²) in [5, 5.41) is 10.0. The summed E-state index contributed by atoms with van der Waals surface area (Å²) in [7, 11) is 0. The lowest BCUT2D eigenvalue weighted by atomic mass is 10.1. The smallest absolute Gasteiger partial charge is 0.262 e. The molecule has 0 fully saturated rings. The Labute approximate surface area is 124 Å². The van der Waals surface area contributed by atoms with Gasteiger partial charge in [0.15, 0.2) is 0 Å². The molecule has 20 heavy (non-hydrogen) atoms. The van der Waals surface area contributed by atoms with Crippen molar-refractivity contribution in [1.29, 1.82) is 0 Å². The van der Waals surface area contributed by atoms with Crippen molar-refractivity contribution in [3.63, 3.8) is 0 Å². The van der Waals surface area contributed by atoms with Crippen LogP contribution in [0, 0.1) is 0 Å². The van der Waals surface area contributed by atoms with Crippen LogP contribution in [0.2, 0.25) is 0 Å². The average molecular weight is 339 g/mol. The Morgan fingerprint density at radius 3 is 2.85 bits per heavy atom. The van der Waals surface area contributed by atoms with Gasteiger partial charge in [0.2, 0.25) is 5.88 Å². The molecule has 0 aliphatic carbocycles. The Morgan fingerprint density at radius 2 is 2.25 bits per heavy atom. The van der Waals surface area contributed by atoms with Gasteiger partial charge in [-0.05, 0) is 31.5 Å². The molecule has 0 saturated heterocycles. The topological polar surface area (TPSA) is 75.2 Å². The SMILES string of the molecule is CCOC(C)c1nc(O)c(-c2cccc(Br)c2)c(=O)[nH]1. The van der Waals surface area contributed by atoms with Crippen molar-refractivity contribution in [3.05, 3.63) is 44.9 Å². The van der Waals surface area contributed by atoms with Crippen molar-refractivity contribution in [3.8, 4) is 17.0 Å². The maximum Gasteiger partial charge on any atom is 0.262 e. The first kappa shape index (κ1) is 14.7. The molecule has 0 amide bonds. The van der Waals surface area contributed by atoms with E-state index in [-0.39, 0.29) is 17.5 Å². The molecule has 1 aromatic carbocycles. The van der Waals surface area contributed by atoms with Gasteiger partial charge in [-0.25, -0.2) is 0 Å². The fraction of sp³-hybridized carbons (Fsp3) is 0.286. The minimum Gasteiger partial charge on any atom is -0.493 e. The number of aromatic nitrogens is 2. The van der Waals surface area contributed by atoms with E-state index in [0.717, 1.165) is 4.47 Å². The molecule has 0 bridgehead atoms. The monoisotopic (exact) mass is 338 g/mol. The molecular formula is C14H15BrN2O3. The van der Waals surface area contributed by atoms with Crippen LogP contribution in [0.5, 0.6) is 5.88 Å². The summed E-state index contributed by atoms with van der Waals surface area (Å²) in [5.74, 6) is 0.0153. The summed E-state index contributed by atoms with van der Waals surface area (Å²) in [4.78, 5) is 18.8. The number of halogens is 1. The third-order valence-electron chi connectivity index (χ3n) is 2.83. The van der Waals surface area contributed by atoms with E-state index in [0.29, 0.717) is 18.0 Å². The Hall–Kier alpha value is -1.66. The predicted molar refractivity (Wildman–Crippen MR) is 79.7 cm³/mol. The van der Waals surface area contributed by atoms with Gasteiger partial charge < -0.3 is 14.8 Å². The summed E-state index contributed by atoms with van der Waals surface area (Å²) < 4.78 is 6.17. The molecule has 1 atom stereocenters. The van der Waals surface area contributed by atoms with Gasteiger partial charge in [0.1, 0.15) is 17.5 Å². The highest BCUT2D eigenvalue weighted by Gasteiger charge is 2.16. The van der Waals surface area contributed by atoms with E-state index in [1.807, 2.05) is 13.0 Å². The minimum absolute atomic E-state index is 0.152. The zero-order valence-electron chi connectivity index (χ0n) is 11.2. The Kier molecular flexibility index (Phi) is 4.57. The van der Waals surface area contributed by atoms with Crippen LogP contribution >= 0.6 is 15.9 Å². The summed E-state index contributed by atoms with van der Waals surface area (Å²) in [6, 6.07) is 7.11. The number of benzene rings is 1. The number of aromatic hydroxyl groups is 1. The molecule has 5 nitrogen and oxygen atoms in total. The van der Waals surface area contributed by atoms with Crippen LogP contribution < -0.4 is 5.56 Å². The number of nitrogens with zero attached hydrogens (tertiary/aromatic N) is 1. The number of hydrogen-bond acceptors (Lipinski definition) is 4. The standard InChI is InChI=1S/C14H15BrN2O3/c1-3-20-8(2)12-16-13(18)11(14(19)17-12)9-5-4-6-10(15)7-9/h4-8H,3H2,1-2H3,(H2,16,17,18,19). The highest BCUT2D eigenvalue weighted by molar-refractivity contribution is 9.10. The van der Waals surface area contributed by atoms with Gasteiger partial charge in [-0.3, -0.25) is 4.79 Å². The van der Waals surface area contributed by atoms with E-state index in [1.54, 1.807) is 25.1 Å². The van der Waals surface area contributed by atoms with Gasteiger partial charge in [-0.1, -0.05) is 28.1 Å². The number of nitrogens with one attached hydrogen (secondary N) is 1. The number of aromatic amines is 1. The molecule has 6 heteroatoms. The van der Waals surface area contributed by atoms with Crippen molar-refractivity contribution in [2.24, 2.45) is 0 Å². The molecule has 106 valence electrons. The fourth-order valence-electron chi connectivity index (χ4n) is 1.90. The van der Waals surface area contributed by atoms with Crippen molar-refractivity contribution < 1.29 is 9.84 Å². The Morgan fingerprint density at radius 1 is 1.50 bits per heavy atom. The van der Waals surface area contributed by atoms with E-state index < -0.39 is 5.56 Å². The summed E-state index contributed by atoms with van der Waals surface area (Å²) in [6.45, 7) is 4.11. The van der Waals surface area contributed by atoms with Gasteiger partial charge in [-0.2, -0.15) is 4.98 Å². The largest absolute Gasteiger partial charge is 0.493 e. The maximum absolute atomic E-state index is 12.2. The van der Waals surface area contributed by atoms with Gasteiger partial charge in [0, 0.05) is 11.1 Å². The van der Waals surface area contributed by atoms with E-state index >= 15 is 0 Å². The van der Waals surface area contributed by atoms with E-state index in [1.165, 1.54) is 0 Å². The number of H-pyrrole nitrogens is 1. The first-order chi connectivity index (χ1) is 9.52. The van der Waals surface area contributed by atoms with Crippen molar-refractivity contribution in [1.82, 2.24) is 9.97 Å². The third kappa shape index (κ3) is 3.08. The summed E-state index contributed by atoms with van der Waals surface area (Å²) >= 11 is 3.33. The Bertz CT molecular complexity index is 670. The van der Waals surface area contributed by atoms with Crippen LogP contribution in [0.1, 0.15) is 25.8 Å². The van der Waals surface area contributed by atoms with Crippen LogP contribution in [-0.4, -0.2) is 21.7 Å². The van der Waals surface area contributed by atoms with Gasteiger partial charge >= 0.3 is 0 Å². The zero-order chi connectivity index (χ0) is 14.7. The second-order valence-electron chi connectivity index (χ2n) is 4.26. The maximum atomic E-state index is 12.2. The van der Waals surface area contributed by atoms with Gasteiger partial charge in [0.05, 0.1) is 0 Å². The van der Waals surface area contributed by atoms with Crippen LogP contribution in [-0.2, 0) is 4.74 Å². The molecule has 0 radical (unpaired) electrons.